The van der Waals surface area contributed by atoms with Crippen LogP contribution in [0.1, 0.15) is 38.5 Å². The Morgan fingerprint density at radius 1 is 1.10 bits per heavy atom. The van der Waals surface area contributed by atoms with Gasteiger partial charge in [-0.15, -0.1) is 15.7 Å². The first kappa shape index (κ1) is 22.0. The summed E-state index contributed by atoms with van der Waals surface area (Å²) in [4.78, 5) is 27.3. The summed E-state index contributed by atoms with van der Waals surface area (Å²) in [6.45, 7) is 0. The molecule has 2 aliphatic rings. The topological polar surface area (TPSA) is 95.9 Å². The number of thioether (sulfide) groups is 1. The number of nitrogens with zero attached hydrogens (tertiary/aromatic N) is 2. The molecule has 0 spiro atoms. The third kappa shape index (κ3) is 5.19. The Balaban J connectivity index is 1.56. The number of sulfonamides is 1. The van der Waals surface area contributed by atoms with E-state index in [0.29, 0.717) is 5.69 Å². The molecule has 164 valence electrons. The minimum Gasteiger partial charge on any atom is -0.326 e. The first-order valence-corrected chi connectivity index (χ1v) is 13.4. The number of para-hydroxylation sites is 1. The largest absolute Gasteiger partial charge is 0.326 e. The van der Waals surface area contributed by atoms with Crippen molar-refractivity contribution in [3.8, 4) is 0 Å². The summed E-state index contributed by atoms with van der Waals surface area (Å²) in [7, 11) is -3.90. The highest BCUT2D eigenvalue weighted by atomic mass is 32.2. The predicted molar refractivity (Wildman–Crippen MR) is 124 cm³/mol. The van der Waals surface area contributed by atoms with Crippen molar-refractivity contribution >= 4 is 55.8 Å². The van der Waals surface area contributed by atoms with Gasteiger partial charge in [-0.05, 0) is 36.4 Å². The number of amides is 2. The summed E-state index contributed by atoms with van der Waals surface area (Å²) in [5, 5.41) is 3.96. The summed E-state index contributed by atoms with van der Waals surface area (Å²) >= 11 is 2.17. The van der Waals surface area contributed by atoms with E-state index in [2.05, 4.69) is 9.71 Å². The van der Waals surface area contributed by atoms with Crippen molar-refractivity contribution in [2.45, 2.75) is 54.0 Å². The molecule has 31 heavy (non-hydrogen) atoms. The second kappa shape index (κ2) is 9.54. The Labute approximate surface area is 190 Å². The van der Waals surface area contributed by atoms with Gasteiger partial charge in [-0.2, -0.15) is 8.42 Å². The molecule has 0 bridgehead atoms. The van der Waals surface area contributed by atoms with Crippen molar-refractivity contribution in [3.63, 3.8) is 0 Å². The van der Waals surface area contributed by atoms with E-state index in [-0.39, 0.29) is 33.7 Å². The zero-order valence-electron chi connectivity index (χ0n) is 16.8. The highest BCUT2D eigenvalue weighted by molar-refractivity contribution is 8.16. The Hall–Kier alpha value is -2.17. The van der Waals surface area contributed by atoms with Crippen LogP contribution < -0.4 is 5.32 Å². The smallest absolute Gasteiger partial charge is 0.294 e. The molecular formula is C21H23N3O4S3. The molecule has 1 atom stereocenters. The van der Waals surface area contributed by atoms with Gasteiger partial charge in [-0.25, -0.2) is 0 Å². The van der Waals surface area contributed by atoms with E-state index >= 15 is 0 Å². The van der Waals surface area contributed by atoms with E-state index in [9.17, 15) is 18.0 Å². The second-order valence-corrected chi connectivity index (χ2v) is 11.5. The van der Waals surface area contributed by atoms with E-state index in [1.165, 1.54) is 11.0 Å². The van der Waals surface area contributed by atoms with Crippen LogP contribution in [0, 0.1) is 0 Å². The molecule has 7 nitrogen and oxygen atoms in total. The average Bonchev–Trinajstić information content (AvgIpc) is 3.39. The van der Waals surface area contributed by atoms with Gasteiger partial charge in [0, 0.05) is 18.2 Å². The molecule has 1 saturated heterocycles. The van der Waals surface area contributed by atoms with Crippen LogP contribution in [0.2, 0.25) is 0 Å². The lowest BCUT2D eigenvalue weighted by Gasteiger charge is -2.30. The van der Waals surface area contributed by atoms with Crippen molar-refractivity contribution in [1.82, 2.24) is 4.90 Å². The molecule has 1 aromatic carbocycles. The number of rotatable bonds is 6. The molecule has 1 aromatic heterocycles. The Morgan fingerprint density at radius 2 is 1.84 bits per heavy atom. The van der Waals surface area contributed by atoms with Gasteiger partial charge >= 0.3 is 0 Å². The molecule has 10 heteroatoms. The van der Waals surface area contributed by atoms with Crippen LogP contribution >= 0.6 is 23.1 Å². The van der Waals surface area contributed by atoms with Crippen LogP contribution in [0.25, 0.3) is 0 Å². The van der Waals surface area contributed by atoms with Gasteiger partial charge < -0.3 is 5.32 Å². The molecule has 2 heterocycles. The van der Waals surface area contributed by atoms with Crippen LogP contribution in [0.5, 0.6) is 0 Å². The normalized spacial score (nSPS) is 21.5. The van der Waals surface area contributed by atoms with Crippen molar-refractivity contribution < 1.29 is 18.0 Å². The number of hydrogen-bond acceptors (Lipinski definition) is 6. The number of carbonyl (C=O) groups is 2. The van der Waals surface area contributed by atoms with Gasteiger partial charge in [0.2, 0.25) is 11.8 Å². The van der Waals surface area contributed by atoms with E-state index in [4.69, 9.17) is 0 Å². The first-order chi connectivity index (χ1) is 14.9. The summed E-state index contributed by atoms with van der Waals surface area (Å²) < 4.78 is 29.7. The standard InChI is InChI=1S/C21H23N3O4S3/c25-18(22-15-8-3-1-4-9-15)14-17-20(26)24(16-10-5-2-6-11-16)21(30-17)23-31(27,28)19-12-7-13-29-19/h1,3-4,7-9,12-13,16-17H,2,5-6,10-11,14H2,(H,22,25)/b23-21+. The molecule has 0 radical (unpaired) electrons. The van der Waals surface area contributed by atoms with Crippen molar-refractivity contribution in [3.05, 3.63) is 47.8 Å². The number of nitrogens with one attached hydrogen (secondary N) is 1. The van der Waals surface area contributed by atoms with E-state index < -0.39 is 15.3 Å². The third-order valence-electron chi connectivity index (χ3n) is 5.28. The van der Waals surface area contributed by atoms with Gasteiger partial charge in [0.1, 0.15) is 9.46 Å². The van der Waals surface area contributed by atoms with Crippen LogP contribution in [0.3, 0.4) is 0 Å². The summed E-state index contributed by atoms with van der Waals surface area (Å²) in [5.41, 5.74) is 0.654. The maximum absolute atomic E-state index is 13.2. The molecule has 1 N–H and O–H groups in total. The average molecular weight is 478 g/mol. The maximum atomic E-state index is 13.2. The fraction of sp³-hybridized carbons (Fsp3) is 0.381. The van der Waals surface area contributed by atoms with Gasteiger partial charge in [-0.1, -0.05) is 55.3 Å². The fourth-order valence-electron chi connectivity index (χ4n) is 3.81. The number of amidine groups is 1. The van der Waals surface area contributed by atoms with E-state index in [0.717, 1.165) is 55.2 Å². The zero-order valence-corrected chi connectivity index (χ0v) is 19.2. The van der Waals surface area contributed by atoms with Gasteiger partial charge in [0.15, 0.2) is 5.17 Å². The van der Waals surface area contributed by atoms with Crippen LogP contribution in [-0.2, 0) is 19.6 Å². The predicted octanol–water partition coefficient (Wildman–Crippen LogP) is 4.10. The van der Waals surface area contributed by atoms with Crippen molar-refractivity contribution in [2.75, 3.05) is 5.32 Å². The van der Waals surface area contributed by atoms with Crippen LogP contribution in [-0.4, -0.2) is 41.6 Å². The molecular weight excluding hydrogens is 454 g/mol. The van der Waals surface area contributed by atoms with E-state index in [1.807, 2.05) is 18.2 Å². The minimum atomic E-state index is -3.90. The van der Waals surface area contributed by atoms with Crippen molar-refractivity contribution in [1.29, 1.82) is 0 Å². The van der Waals surface area contributed by atoms with Gasteiger partial charge in [0.05, 0.1) is 0 Å². The highest BCUT2D eigenvalue weighted by Gasteiger charge is 2.43. The number of carbonyl (C=O) groups excluding carboxylic acids is 2. The molecule has 2 aromatic rings. The number of thiophene rings is 1. The molecule has 2 amide bonds. The lowest BCUT2D eigenvalue weighted by molar-refractivity contribution is -0.130. The second-order valence-electron chi connectivity index (χ2n) is 7.51. The molecule has 1 saturated carbocycles. The summed E-state index contributed by atoms with van der Waals surface area (Å²) in [6, 6.07) is 12.1. The monoisotopic (exact) mass is 477 g/mol. The van der Waals surface area contributed by atoms with Gasteiger partial charge in [0.25, 0.3) is 10.0 Å². The van der Waals surface area contributed by atoms with Gasteiger partial charge in [-0.3, -0.25) is 14.5 Å². The molecule has 4 rings (SSSR count). The Kier molecular flexibility index (Phi) is 6.78. The summed E-state index contributed by atoms with van der Waals surface area (Å²) in [5.74, 6) is -0.525. The number of hydrogen-bond donors (Lipinski definition) is 1. The van der Waals surface area contributed by atoms with Crippen LogP contribution in [0.15, 0.2) is 56.5 Å². The Morgan fingerprint density at radius 3 is 2.52 bits per heavy atom. The van der Waals surface area contributed by atoms with E-state index in [1.54, 1.807) is 23.6 Å². The number of anilines is 1. The minimum absolute atomic E-state index is 0.0420. The zero-order chi connectivity index (χ0) is 21.8. The third-order valence-corrected chi connectivity index (χ3v) is 9.19. The first-order valence-electron chi connectivity index (χ1n) is 10.2. The fourth-order valence-corrected chi connectivity index (χ4v) is 7.18. The highest BCUT2D eigenvalue weighted by Crippen LogP contribution is 2.36. The van der Waals surface area contributed by atoms with Crippen LogP contribution in [0.4, 0.5) is 5.69 Å². The Bertz CT molecular complexity index is 1060. The lowest BCUT2D eigenvalue weighted by Crippen LogP contribution is -2.42. The van der Waals surface area contributed by atoms with Crippen molar-refractivity contribution in [2.24, 2.45) is 4.40 Å². The quantitative estimate of drug-likeness (QED) is 0.676. The summed E-state index contributed by atoms with van der Waals surface area (Å²) in [6.07, 6.45) is 4.67. The molecule has 1 aliphatic heterocycles. The molecule has 1 unspecified atom stereocenters. The molecule has 2 fully saturated rings. The number of benzene rings is 1. The lowest BCUT2D eigenvalue weighted by atomic mass is 9.94. The maximum Gasteiger partial charge on any atom is 0.294 e. The SMILES string of the molecule is O=C(CC1S/C(=N/S(=O)(=O)c2cccs2)N(C2CCCCC2)C1=O)Nc1ccccc1. The molecule has 1 aliphatic carbocycles.